The van der Waals surface area contributed by atoms with Crippen molar-refractivity contribution in [1.82, 2.24) is 4.90 Å². The number of amides is 2. The molecule has 4 rings (SSSR count). The van der Waals surface area contributed by atoms with Gasteiger partial charge in [-0.05, 0) is 55.4 Å². The van der Waals surface area contributed by atoms with Gasteiger partial charge in [0.2, 0.25) is 11.8 Å². The molecule has 4 unspecified atom stereocenters. The zero-order valence-electron chi connectivity index (χ0n) is 15.1. The third kappa shape index (κ3) is 2.79. The van der Waals surface area contributed by atoms with Crippen LogP contribution in [0.5, 0.6) is 0 Å². The number of aryl methyl sites for hydroxylation is 2. The fourth-order valence-electron chi connectivity index (χ4n) is 4.69. The van der Waals surface area contributed by atoms with Gasteiger partial charge in [0, 0.05) is 12.2 Å². The van der Waals surface area contributed by atoms with E-state index in [1.165, 1.54) is 4.90 Å². The number of likely N-dealkylation sites (tertiary alicyclic amines) is 1. The van der Waals surface area contributed by atoms with Crippen LogP contribution in [0.2, 0.25) is 0 Å². The summed E-state index contributed by atoms with van der Waals surface area (Å²) in [7, 11) is 0. The summed E-state index contributed by atoms with van der Waals surface area (Å²) in [5.41, 5.74) is 9.11. The van der Waals surface area contributed by atoms with Crippen LogP contribution in [0.3, 0.4) is 0 Å². The molecule has 1 aromatic rings. The van der Waals surface area contributed by atoms with E-state index in [0.29, 0.717) is 13.1 Å². The van der Waals surface area contributed by atoms with Crippen molar-refractivity contribution in [3.05, 3.63) is 41.5 Å². The topological polar surface area (TPSA) is 87.8 Å². The molecule has 1 saturated carbocycles. The monoisotopic (exact) mass is 352 g/mol. The third-order valence-corrected chi connectivity index (χ3v) is 5.66. The first-order valence-electron chi connectivity index (χ1n) is 9.13. The van der Waals surface area contributed by atoms with Crippen molar-refractivity contribution < 1.29 is 9.59 Å². The minimum atomic E-state index is -0.146. The van der Waals surface area contributed by atoms with Crippen LogP contribution >= 0.6 is 0 Å². The summed E-state index contributed by atoms with van der Waals surface area (Å²) in [5, 5.41) is 3.06. The summed E-state index contributed by atoms with van der Waals surface area (Å²) in [6.45, 7) is 4.65. The van der Waals surface area contributed by atoms with E-state index in [2.05, 4.69) is 28.5 Å². The number of carbonyl (C=O) groups excluding carboxylic acids is 2. The molecule has 2 bridgehead atoms. The van der Waals surface area contributed by atoms with E-state index >= 15 is 0 Å². The first-order chi connectivity index (χ1) is 12.4. The fraction of sp³-hybridized carbons (Fsp3) is 0.450. The lowest BCUT2D eigenvalue weighted by atomic mass is 9.85. The molecule has 3 aliphatic rings. The highest BCUT2D eigenvalue weighted by atomic mass is 16.2. The van der Waals surface area contributed by atoms with Gasteiger partial charge in [-0.15, -0.1) is 0 Å². The minimum Gasteiger partial charge on any atom is -0.370 e. The van der Waals surface area contributed by atoms with E-state index in [4.69, 9.17) is 5.73 Å². The quantitative estimate of drug-likeness (QED) is 0.375. The van der Waals surface area contributed by atoms with Crippen molar-refractivity contribution in [2.75, 3.05) is 18.4 Å². The molecule has 26 heavy (non-hydrogen) atoms. The first kappa shape index (κ1) is 16.8. The molecule has 6 heteroatoms. The van der Waals surface area contributed by atoms with Crippen LogP contribution in [-0.4, -0.2) is 35.8 Å². The Bertz CT molecular complexity index is 779. The van der Waals surface area contributed by atoms with Crippen molar-refractivity contribution in [3.8, 4) is 0 Å². The number of hydrogen-bond acceptors (Lipinski definition) is 3. The molecule has 1 aliphatic heterocycles. The molecule has 6 nitrogen and oxygen atoms in total. The number of nitrogens with one attached hydrogen (secondary N) is 1. The SMILES string of the molecule is Cc1cc(C)cc(NC(N)=NCCN2C(=O)C3C4C=CC(C4)C3C2=O)c1. The Kier molecular flexibility index (Phi) is 4.05. The maximum Gasteiger partial charge on any atom is 0.233 e. The number of benzene rings is 1. The van der Waals surface area contributed by atoms with Crippen LogP contribution in [0, 0.1) is 37.5 Å². The number of nitrogens with zero attached hydrogens (tertiary/aromatic N) is 2. The summed E-state index contributed by atoms with van der Waals surface area (Å²) in [6.07, 6.45) is 5.15. The van der Waals surface area contributed by atoms with E-state index in [-0.39, 0.29) is 41.4 Å². The lowest BCUT2D eigenvalue weighted by Gasteiger charge is -2.16. The third-order valence-electron chi connectivity index (χ3n) is 5.66. The molecule has 2 fully saturated rings. The van der Waals surface area contributed by atoms with Crippen LogP contribution in [0.4, 0.5) is 5.69 Å². The summed E-state index contributed by atoms with van der Waals surface area (Å²) in [4.78, 5) is 30.9. The highest BCUT2D eigenvalue weighted by Crippen LogP contribution is 2.52. The maximum absolute atomic E-state index is 12.6. The van der Waals surface area contributed by atoms with Gasteiger partial charge >= 0.3 is 0 Å². The Morgan fingerprint density at radius 3 is 2.27 bits per heavy atom. The number of hydrogen-bond donors (Lipinski definition) is 2. The molecule has 1 heterocycles. The van der Waals surface area contributed by atoms with E-state index in [0.717, 1.165) is 23.2 Å². The molecule has 1 aromatic carbocycles. The van der Waals surface area contributed by atoms with Gasteiger partial charge in [0.05, 0.1) is 18.4 Å². The Hall–Kier alpha value is -2.63. The number of allylic oxidation sites excluding steroid dienone is 2. The molecular formula is C20H24N4O2. The fourth-order valence-corrected chi connectivity index (χ4v) is 4.69. The van der Waals surface area contributed by atoms with Crippen LogP contribution in [0.25, 0.3) is 0 Å². The lowest BCUT2D eigenvalue weighted by Crippen LogP contribution is -2.35. The Labute approximate surface area is 153 Å². The van der Waals surface area contributed by atoms with Crippen LogP contribution in [-0.2, 0) is 9.59 Å². The van der Waals surface area contributed by atoms with E-state index in [1.54, 1.807) is 0 Å². The molecule has 0 aromatic heterocycles. The number of imide groups is 1. The zero-order valence-corrected chi connectivity index (χ0v) is 15.1. The molecule has 2 amide bonds. The van der Waals surface area contributed by atoms with Crippen molar-refractivity contribution in [2.45, 2.75) is 20.3 Å². The normalized spacial score (nSPS) is 29.6. The van der Waals surface area contributed by atoms with Crippen molar-refractivity contribution in [3.63, 3.8) is 0 Å². The average Bonchev–Trinajstić information content (AvgIpc) is 3.23. The van der Waals surface area contributed by atoms with Gasteiger partial charge in [0.15, 0.2) is 5.96 Å². The smallest absolute Gasteiger partial charge is 0.233 e. The second-order valence-corrected chi connectivity index (χ2v) is 7.60. The average molecular weight is 352 g/mol. The van der Waals surface area contributed by atoms with Crippen LogP contribution in [0.1, 0.15) is 17.5 Å². The number of rotatable bonds is 4. The van der Waals surface area contributed by atoms with E-state index < -0.39 is 0 Å². The number of aliphatic imine (C=N–C) groups is 1. The Balaban J connectivity index is 1.36. The molecular weight excluding hydrogens is 328 g/mol. The number of carbonyl (C=O) groups is 2. The standard InChI is InChI=1S/C20H24N4O2/c1-11-7-12(2)9-15(8-11)23-20(21)22-5-6-24-18(25)16-13-3-4-14(10-13)17(16)19(24)26/h3-4,7-9,13-14,16-17H,5-6,10H2,1-2H3,(H3,21,22,23). The van der Waals surface area contributed by atoms with Crippen molar-refractivity contribution in [2.24, 2.45) is 34.4 Å². The number of anilines is 1. The van der Waals surface area contributed by atoms with Gasteiger partial charge < -0.3 is 11.1 Å². The molecule has 0 spiro atoms. The summed E-state index contributed by atoms with van der Waals surface area (Å²) in [5.74, 6) is 0.411. The van der Waals surface area contributed by atoms with Crippen LogP contribution in [0.15, 0.2) is 35.3 Å². The summed E-state index contributed by atoms with van der Waals surface area (Å²) < 4.78 is 0. The molecule has 3 N–H and O–H groups in total. The predicted molar refractivity (Wildman–Crippen MR) is 100 cm³/mol. The molecule has 4 atom stereocenters. The van der Waals surface area contributed by atoms with Crippen molar-refractivity contribution in [1.29, 1.82) is 0 Å². The minimum absolute atomic E-state index is 0.0344. The van der Waals surface area contributed by atoms with Gasteiger partial charge in [-0.3, -0.25) is 19.5 Å². The first-order valence-corrected chi connectivity index (χ1v) is 9.13. The van der Waals surface area contributed by atoms with Gasteiger partial charge in [-0.2, -0.15) is 0 Å². The second-order valence-electron chi connectivity index (χ2n) is 7.60. The molecule has 1 saturated heterocycles. The molecule has 136 valence electrons. The lowest BCUT2D eigenvalue weighted by molar-refractivity contribution is -0.140. The Morgan fingerprint density at radius 2 is 1.69 bits per heavy atom. The van der Waals surface area contributed by atoms with Crippen LogP contribution < -0.4 is 11.1 Å². The largest absolute Gasteiger partial charge is 0.370 e. The second kappa shape index (κ2) is 6.27. The van der Waals surface area contributed by atoms with E-state index in [9.17, 15) is 9.59 Å². The number of guanidine groups is 1. The zero-order chi connectivity index (χ0) is 18.4. The van der Waals surface area contributed by atoms with Gasteiger partial charge in [0.1, 0.15) is 0 Å². The Morgan fingerprint density at radius 1 is 1.12 bits per heavy atom. The van der Waals surface area contributed by atoms with Gasteiger partial charge in [-0.1, -0.05) is 18.2 Å². The maximum atomic E-state index is 12.6. The van der Waals surface area contributed by atoms with Gasteiger partial charge in [-0.25, -0.2) is 0 Å². The number of fused-ring (bicyclic) bond motifs is 5. The highest BCUT2D eigenvalue weighted by molar-refractivity contribution is 6.06. The molecule has 2 aliphatic carbocycles. The predicted octanol–water partition coefficient (Wildman–Crippen LogP) is 1.84. The van der Waals surface area contributed by atoms with Crippen molar-refractivity contribution >= 4 is 23.5 Å². The van der Waals surface area contributed by atoms with E-state index in [1.807, 2.05) is 26.0 Å². The van der Waals surface area contributed by atoms with Gasteiger partial charge in [0.25, 0.3) is 0 Å². The number of nitrogens with two attached hydrogens (primary N) is 1. The summed E-state index contributed by atoms with van der Waals surface area (Å²) in [6, 6.07) is 6.07. The highest BCUT2D eigenvalue weighted by Gasteiger charge is 2.58. The summed E-state index contributed by atoms with van der Waals surface area (Å²) >= 11 is 0. The molecule has 0 radical (unpaired) electrons.